The Morgan fingerprint density at radius 1 is 1.17 bits per heavy atom. The third-order valence-corrected chi connectivity index (χ3v) is 3.59. The fraction of sp³-hybridized carbons (Fsp3) is 0.769. The largest absolute Gasteiger partial charge is 0.463 e. The van der Waals surface area contributed by atoms with Gasteiger partial charge in [0.25, 0.3) is 0 Å². The van der Waals surface area contributed by atoms with Gasteiger partial charge in [-0.2, -0.15) is 0 Å². The summed E-state index contributed by atoms with van der Waals surface area (Å²) in [5, 5.41) is 0. The van der Waals surface area contributed by atoms with Crippen molar-refractivity contribution in [2.24, 2.45) is 0 Å². The first kappa shape index (κ1) is 17.6. The van der Waals surface area contributed by atoms with Gasteiger partial charge in [-0.25, -0.2) is 4.79 Å². The molecule has 0 aliphatic carbocycles. The van der Waals surface area contributed by atoms with Gasteiger partial charge < -0.3 is 13.8 Å². The number of hydrogen-bond acceptors (Lipinski definition) is 4. The Balaban J connectivity index is 4.38. The lowest BCUT2D eigenvalue weighted by atomic mass is 10.3. The first-order valence-corrected chi connectivity index (χ1v) is 7.68. The van der Waals surface area contributed by atoms with Crippen LogP contribution in [0.25, 0.3) is 0 Å². The lowest BCUT2D eigenvalue weighted by molar-refractivity contribution is -0.138. The number of hydrogen-bond donors (Lipinski definition) is 0. The maximum Gasteiger partial charge on any atom is 0.333 e. The standard InChI is InChI=1S/C13H25O4P/c1-7-15-13(14)12(6)8-9-18(16-10(2)3)17-11(4)5/h8,10-11H,7,9H2,1-6H3. The average molecular weight is 276 g/mol. The molecule has 0 fully saturated rings. The van der Waals surface area contributed by atoms with Crippen LogP contribution in [0.4, 0.5) is 0 Å². The van der Waals surface area contributed by atoms with Gasteiger partial charge in [-0.05, 0) is 41.5 Å². The SMILES string of the molecule is CCOC(=O)C(C)=CCP(OC(C)C)OC(C)C. The summed E-state index contributed by atoms with van der Waals surface area (Å²) in [4.78, 5) is 11.4. The van der Waals surface area contributed by atoms with Crippen LogP contribution in [0.1, 0.15) is 41.5 Å². The molecule has 0 aromatic rings. The van der Waals surface area contributed by atoms with Gasteiger partial charge in [-0.3, -0.25) is 0 Å². The first-order valence-electron chi connectivity index (χ1n) is 6.31. The summed E-state index contributed by atoms with van der Waals surface area (Å²) in [7, 11) is -0.990. The zero-order valence-corrected chi connectivity index (χ0v) is 13.1. The second-order valence-corrected chi connectivity index (χ2v) is 5.88. The topological polar surface area (TPSA) is 44.8 Å². The Labute approximate surface area is 112 Å². The minimum absolute atomic E-state index is 0.117. The lowest BCUT2D eigenvalue weighted by Crippen LogP contribution is -2.08. The summed E-state index contributed by atoms with van der Waals surface area (Å²) >= 11 is 0. The monoisotopic (exact) mass is 276 g/mol. The smallest absolute Gasteiger partial charge is 0.333 e. The minimum Gasteiger partial charge on any atom is -0.463 e. The Bertz CT molecular complexity index is 264. The summed E-state index contributed by atoms with van der Waals surface area (Å²) in [5.41, 5.74) is 0.601. The van der Waals surface area contributed by atoms with E-state index in [-0.39, 0.29) is 18.2 Å². The average Bonchev–Trinajstić information content (AvgIpc) is 2.24. The van der Waals surface area contributed by atoms with Gasteiger partial charge >= 0.3 is 5.97 Å². The molecular weight excluding hydrogens is 251 g/mol. The van der Waals surface area contributed by atoms with Gasteiger partial charge in [0.15, 0.2) is 8.38 Å². The Morgan fingerprint density at radius 2 is 1.67 bits per heavy atom. The van der Waals surface area contributed by atoms with E-state index < -0.39 is 8.38 Å². The van der Waals surface area contributed by atoms with E-state index in [9.17, 15) is 4.79 Å². The summed E-state index contributed by atoms with van der Waals surface area (Å²) in [6.07, 6.45) is 2.67. The van der Waals surface area contributed by atoms with E-state index in [0.717, 1.165) is 0 Å². The van der Waals surface area contributed by atoms with Crippen LogP contribution < -0.4 is 0 Å². The summed E-state index contributed by atoms with van der Waals surface area (Å²) in [6.45, 7) is 11.8. The van der Waals surface area contributed by atoms with Crippen molar-refractivity contribution >= 4 is 14.3 Å². The highest BCUT2D eigenvalue weighted by Gasteiger charge is 2.14. The number of esters is 1. The van der Waals surface area contributed by atoms with Crippen LogP contribution in [0, 0.1) is 0 Å². The molecule has 4 nitrogen and oxygen atoms in total. The molecule has 0 aliphatic rings. The van der Waals surface area contributed by atoms with Crippen molar-refractivity contribution in [2.45, 2.75) is 53.8 Å². The predicted octanol–water partition coefficient (Wildman–Crippen LogP) is 3.66. The molecule has 0 saturated heterocycles. The van der Waals surface area contributed by atoms with Gasteiger partial charge in [0.2, 0.25) is 0 Å². The van der Waals surface area contributed by atoms with Crippen LogP contribution in [-0.2, 0) is 18.6 Å². The molecule has 0 saturated carbocycles. The van der Waals surface area contributed by atoms with E-state index in [0.29, 0.717) is 18.3 Å². The van der Waals surface area contributed by atoms with Gasteiger partial charge in [0.1, 0.15) is 0 Å². The van der Waals surface area contributed by atoms with Crippen LogP contribution in [0.3, 0.4) is 0 Å². The molecular formula is C13H25O4P. The third-order valence-electron chi connectivity index (χ3n) is 1.80. The maximum absolute atomic E-state index is 11.4. The molecule has 0 amide bonds. The third kappa shape index (κ3) is 8.62. The molecule has 18 heavy (non-hydrogen) atoms. The predicted molar refractivity (Wildman–Crippen MR) is 74.6 cm³/mol. The Hall–Kier alpha value is -0.440. The molecule has 0 aromatic heterocycles. The quantitative estimate of drug-likeness (QED) is 0.385. The van der Waals surface area contributed by atoms with Crippen LogP contribution >= 0.6 is 8.38 Å². The number of carbonyl (C=O) groups excluding carboxylic acids is 1. The van der Waals surface area contributed by atoms with E-state index in [1.54, 1.807) is 13.8 Å². The molecule has 0 bridgehead atoms. The highest BCUT2D eigenvalue weighted by molar-refractivity contribution is 7.47. The molecule has 106 valence electrons. The van der Waals surface area contributed by atoms with Gasteiger partial charge in [0.05, 0.1) is 18.8 Å². The molecule has 5 heteroatoms. The second kappa shape index (κ2) is 9.48. The van der Waals surface area contributed by atoms with E-state index in [1.807, 2.05) is 33.8 Å². The van der Waals surface area contributed by atoms with Crippen molar-refractivity contribution in [3.8, 4) is 0 Å². The van der Waals surface area contributed by atoms with E-state index in [1.165, 1.54) is 0 Å². The number of allylic oxidation sites excluding steroid dienone is 1. The van der Waals surface area contributed by atoms with Crippen LogP contribution in [0.2, 0.25) is 0 Å². The Kier molecular flexibility index (Phi) is 9.25. The van der Waals surface area contributed by atoms with Crippen molar-refractivity contribution in [3.63, 3.8) is 0 Å². The van der Waals surface area contributed by atoms with Crippen LogP contribution in [-0.4, -0.2) is 30.9 Å². The lowest BCUT2D eigenvalue weighted by Gasteiger charge is -2.20. The van der Waals surface area contributed by atoms with Crippen molar-refractivity contribution in [1.82, 2.24) is 0 Å². The number of carbonyl (C=O) groups is 1. The summed E-state index contributed by atoms with van der Waals surface area (Å²) in [6, 6.07) is 0. The molecule has 0 radical (unpaired) electrons. The van der Waals surface area contributed by atoms with Crippen molar-refractivity contribution in [1.29, 1.82) is 0 Å². The molecule has 0 atom stereocenters. The van der Waals surface area contributed by atoms with Gasteiger partial charge in [-0.1, -0.05) is 6.08 Å². The second-order valence-electron chi connectivity index (χ2n) is 4.43. The fourth-order valence-corrected chi connectivity index (χ4v) is 2.71. The minimum atomic E-state index is -0.990. The number of ether oxygens (including phenoxy) is 1. The van der Waals surface area contributed by atoms with E-state index >= 15 is 0 Å². The first-order chi connectivity index (χ1) is 8.36. The van der Waals surface area contributed by atoms with Crippen LogP contribution in [0.15, 0.2) is 11.6 Å². The Morgan fingerprint density at radius 3 is 2.06 bits per heavy atom. The molecule has 0 rings (SSSR count). The van der Waals surface area contributed by atoms with Crippen molar-refractivity contribution in [3.05, 3.63) is 11.6 Å². The molecule has 0 spiro atoms. The molecule has 0 aliphatic heterocycles. The normalized spacial score (nSPS) is 12.6. The highest BCUT2D eigenvalue weighted by atomic mass is 31.2. The fourth-order valence-electron chi connectivity index (χ4n) is 1.12. The van der Waals surface area contributed by atoms with Gasteiger partial charge in [-0.15, -0.1) is 0 Å². The van der Waals surface area contributed by atoms with Crippen molar-refractivity contribution < 1.29 is 18.6 Å². The summed E-state index contributed by atoms with van der Waals surface area (Å²) in [5.74, 6) is -0.276. The molecule has 0 heterocycles. The van der Waals surface area contributed by atoms with E-state index in [2.05, 4.69) is 0 Å². The summed E-state index contributed by atoms with van der Waals surface area (Å²) < 4.78 is 16.3. The highest BCUT2D eigenvalue weighted by Crippen LogP contribution is 2.41. The maximum atomic E-state index is 11.4. The zero-order valence-electron chi connectivity index (χ0n) is 12.2. The van der Waals surface area contributed by atoms with Crippen LogP contribution in [0.5, 0.6) is 0 Å². The molecule has 0 N–H and O–H groups in total. The van der Waals surface area contributed by atoms with E-state index in [4.69, 9.17) is 13.8 Å². The molecule has 0 aromatic carbocycles. The van der Waals surface area contributed by atoms with Crippen molar-refractivity contribution in [2.75, 3.05) is 12.8 Å². The molecule has 0 unspecified atom stereocenters. The zero-order chi connectivity index (χ0) is 14.1. The van der Waals surface area contributed by atoms with Gasteiger partial charge in [0, 0.05) is 11.7 Å². The number of rotatable bonds is 8.